The SMILES string of the molecule is CCn1cnc(CNc2cccc(S(=O)(=O)N3CCCCC3)c2)c1. The van der Waals surface area contributed by atoms with E-state index in [2.05, 4.69) is 17.2 Å². The number of nitrogens with zero attached hydrogens (tertiary/aromatic N) is 3. The van der Waals surface area contributed by atoms with Gasteiger partial charge in [-0.1, -0.05) is 12.5 Å². The van der Waals surface area contributed by atoms with E-state index in [0.717, 1.165) is 37.2 Å². The highest BCUT2D eigenvalue weighted by atomic mass is 32.2. The molecule has 1 aromatic heterocycles. The van der Waals surface area contributed by atoms with Crippen LogP contribution >= 0.6 is 0 Å². The molecule has 0 spiro atoms. The first-order valence-electron chi connectivity index (χ1n) is 8.44. The summed E-state index contributed by atoms with van der Waals surface area (Å²) in [6, 6.07) is 7.04. The minimum atomic E-state index is -3.39. The molecule has 3 rings (SSSR count). The summed E-state index contributed by atoms with van der Waals surface area (Å²) >= 11 is 0. The third-order valence-electron chi connectivity index (χ3n) is 4.31. The molecule has 0 atom stereocenters. The maximum absolute atomic E-state index is 12.7. The third kappa shape index (κ3) is 3.79. The second kappa shape index (κ2) is 7.36. The quantitative estimate of drug-likeness (QED) is 0.871. The lowest BCUT2D eigenvalue weighted by Gasteiger charge is -2.26. The molecule has 6 nitrogen and oxygen atoms in total. The highest BCUT2D eigenvalue weighted by Crippen LogP contribution is 2.23. The first-order valence-corrected chi connectivity index (χ1v) is 9.88. The molecule has 130 valence electrons. The van der Waals surface area contributed by atoms with Gasteiger partial charge >= 0.3 is 0 Å². The van der Waals surface area contributed by atoms with Crippen molar-refractivity contribution in [3.63, 3.8) is 0 Å². The van der Waals surface area contributed by atoms with Crippen LogP contribution in [0.25, 0.3) is 0 Å². The topological polar surface area (TPSA) is 67.2 Å². The summed E-state index contributed by atoms with van der Waals surface area (Å²) in [4.78, 5) is 4.68. The first-order chi connectivity index (χ1) is 11.6. The molecule has 2 heterocycles. The molecular formula is C17H24N4O2S. The lowest BCUT2D eigenvalue weighted by atomic mass is 10.2. The van der Waals surface area contributed by atoms with Gasteiger partial charge in [0.25, 0.3) is 0 Å². The van der Waals surface area contributed by atoms with E-state index in [1.807, 2.05) is 16.8 Å². The van der Waals surface area contributed by atoms with Crippen LogP contribution in [0.1, 0.15) is 31.9 Å². The predicted octanol–water partition coefficient (Wildman–Crippen LogP) is 2.69. The number of hydrogen-bond acceptors (Lipinski definition) is 4. The van der Waals surface area contributed by atoms with Crippen LogP contribution in [0.4, 0.5) is 5.69 Å². The normalized spacial score (nSPS) is 16.2. The molecule has 0 unspecified atom stereocenters. The molecule has 24 heavy (non-hydrogen) atoms. The molecular weight excluding hydrogens is 324 g/mol. The van der Waals surface area contributed by atoms with Crippen molar-refractivity contribution in [3.8, 4) is 0 Å². The van der Waals surface area contributed by atoms with Crippen LogP contribution in [0.3, 0.4) is 0 Å². The molecule has 1 N–H and O–H groups in total. The van der Waals surface area contributed by atoms with E-state index in [4.69, 9.17) is 0 Å². The van der Waals surface area contributed by atoms with E-state index in [9.17, 15) is 8.42 Å². The van der Waals surface area contributed by atoms with Crippen molar-refractivity contribution in [2.45, 2.75) is 44.2 Å². The predicted molar refractivity (Wildman–Crippen MR) is 94.3 cm³/mol. The summed E-state index contributed by atoms with van der Waals surface area (Å²) in [7, 11) is -3.39. The molecule has 2 aromatic rings. The van der Waals surface area contributed by atoms with Crippen molar-refractivity contribution >= 4 is 15.7 Å². The van der Waals surface area contributed by atoms with Crippen molar-refractivity contribution in [3.05, 3.63) is 42.5 Å². The molecule has 1 fully saturated rings. The van der Waals surface area contributed by atoms with Gasteiger partial charge in [0.1, 0.15) is 0 Å². The minimum Gasteiger partial charge on any atom is -0.379 e. The summed E-state index contributed by atoms with van der Waals surface area (Å²) in [6.07, 6.45) is 6.78. The van der Waals surface area contributed by atoms with E-state index >= 15 is 0 Å². The minimum absolute atomic E-state index is 0.355. The zero-order valence-electron chi connectivity index (χ0n) is 14.0. The molecule has 7 heteroatoms. The zero-order valence-corrected chi connectivity index (χ0v) is 14.8. The van der Waals surface area contributed by atoms with Crippen LogP contribution in [0, 0.1) is 0 Å². The zero-order chi connectivity index (χ0) is 17.0. The monoisotopic (exact) mass is 348 g/mol. The van der Waals surface area contributed by atoms with Crippen molar-refractivity contribution in [1.29, 1.82) is 0 Å². The van der Waals surface area contributed by atoms with Gasteiger partial charge in [0.15, 0.2) is 0 Å². The average Bonchev–Trinajstić information content (AvgIpc) is 3.09. The van der Waals surface area contributed by atoms with Crippen LogP contribution in [-0.2, 0) is 23.1 Å². The molecule has 1 aliphatic heterocycles. The number of imidazole rings is 1. The van der Waals surface area contributed by atoms with Gasteiger partial charge in [0.05, 0.1) is 23.5 Å². The Morgan fingerprint density at radius 1 is 1.21 bits per heavy atom. The van der Waals surface area contributed by atoms with E-state index in [-0.39, 0.29) is 0 Å². The Morgan fingerprint density at radius 2 is 2.00 bits per heavy atom. The number of piperidine rings is 1. The van der Waals surface area contributed by atoms with Crippen LogP contribution < -0.4 is 5.32 Å². The largest absolute Gasteiger partial charge is 0.379 e. The third-order valence-corrected chi connectivity index (χ3v) is 6.21. The summed E-state index contributed by atoms with van der Waals surface area (Å²) in [5, 5.41) is 3.25. The molecule has 0 aliphatic carbocycles. The molecule has 0 amide bonds. The molecule has 1 saturated heterocycles. The van der Waals surface area contributed by atoms with Crippen LogP contribution in [0.5, 0.6) is 0 Å². The Labute approximate surface area is 143 Å². The van der Waals surface area contributed by atoms with Crippen molar-refractivity contribution in [2.24, 2.45) is 0 Å². The Morgan fingerprint density at radius 3 is 2.71 bits per heavy atom. The Balaban J connectivity index is 1.71. The number of benzene rings is 1. The number of nitrogens with one attached hydrogen (secondary N) is 1. The Bertz CT molecular complexity index is 779. The van der Waals surface area contributed by atoms with Crippen LogP contribution in [0.2, 0.25) is 0 Å². The molecule has 1 aliphatic rings. The molecule has 0 bridgehead atoms. The van der Waals surface area contributed by atoms with E-state index in [0.29, 0.717) is 24.5 Å². The van der Waals surface area contributed by atoms with Crippen molar-refractivity contribution in [1.82, 2.24) is 13.9 Å². The Hall–Kier alpha value is -1.86. The number of hydrogen-bond donors (Lipinski definition) is 1. The highest BCUT2D eigenvalue weighted by Gasteiger charge is 2.25. The van der Waals surface area contributed by atoms with Crippen molar-refractivity contribution in [2.75, 3.05) is 18.4 Å². The smallest absolute Gasteiger partial charge is 0.243 e. The summed E-state index contributed by atoms with van der Waals surface area (Å²) in [5.41, 5.74) is 1.72. The second-order valence-electron chi connectivity index (χ2n) is 6.04. The first kappa shape index (κ1) is 17.0. The van der Waals surface area contributed by atoms with Crippen LogP contribution in [0.15, 0.2) is 41.7 Å². The van der Waals surface area contributed by atoms with E-state index in [1.54, 1.807) is 28.8 Å². The summed E-state index contributed by atoms with van der Waals surface area (Å²) in [6.45, 7) is 4.76. The lowest BCUT2D eigenvalue weighted by Crippen LogP contribution is -2.35. The van der Waals surface area contributed by atoms with Gasteiger partial charge in [-0.25, -0.2) is 13.4 Å². The summed E-state index contributed by atoms with van der Waals surface area (Å²) < 4.78 is 29.1. The fourth-order valence-corrected chi connectivity index (χ4v) is 4.45. The van der Waals surface area contributed by atoms with Gasteiger partial charge in [0.2, 0.25) is 10.0 Å². The lowest BCUT2D eigenvalue weighted by molar-refractivity contribution is 0.346. The average molecular weight is 348 g/mol. The standard InChI is InChI=1S/C17H24N4O2S/c1-2-20-13-16(19-14-20)12-18-15-7-6-8-17(11-15)24(22,23)21-9-4-3-5-10-21/h6-8,11,13-14,18H,2-5,9-10,12H2,1H3. The number of anilines is 1. The van der Waals surface area contributed by atoms with Gasteiger partial charge in [-0.3, -0.25) is 0 Å². The molecule has 1 aromatic carbocycles. The number of aryl methyl sites for hydroxylation is 1. The maximum Gasteiger partial charge on any atom is 0.243 e. The second-order valence-corrected chi connectivity index (χ2v) is 7.98. The number of sulfonamides is 1. The molecule has 0 saturated carbocycles. The molecule has 0 radical (unpaired) electrons. The van der Waals surface area contributed by atoms with Crippen molar-refractivity contribution < 1.29 is 8.42 Å². The highest BCUT2D eigenvalue weighted by molar-refractivity contribution is 7.89. The van der Waals surface area contributed by atoms with Gasteiger partial charge in [-0.2, -0.15) is 4.31 Å². The maximum atomic E-state index is 12.7. The van der Waals surface area contributed by atoms with E-state index in [1.165, 1.54) is 0 Å². The van der Waals surface area contributed by atoms with Gasteiger partial charge < -0.3 is 9.88 Å². The fourth-order valence-electron chi connectivity index (χ4n) is 2.88. The fraction of sp³-hybridized carbons (Fsp3) is 0.471. The van der Waals surface area contributed by atoms with Gasteiger partial charge in [-0.15, -0.1) is 0 Å². The number of aromatic nitrogens is 2. The van der Waals surface area contributed by atoms with Gasteiger partial charge in [0, 0.05) is 31.5 Å². The Kier molecular flexibility index (Phi) is 5.20. The van der Waals surface area contributed by atoms with Crippen LogP contribution in [-0.4, -0.2) is 35.4 Å². The summed E-state index contributed by atoms with van der Waals surface area (Å²) in [5.74, 6) is 0. The van der Waals surface area contributed by atoms with Gasteiger partial charge in [-0.05, 0) is 38.0 Å². The number of rotatable bonds is 6. The van der Waals surface area contributed by atoms with E-state index < -0.39 is 10.0 Å².